The number of benzene rings is 1. The molecule has 2 aliphatic rings. The highest BCUT2D eigenvalue weighted by Crippen LogP contribution is 2.52. The third kappa shape index (κ3) is 2.13. The van der Waals surface area contributed by atoms with E-state index in [0.29, 0.717) is 23.6 Å². The summed E-state index contributed by atoms with van der Waals surface area (Å²) in [5.41, 5.74) is 1.89. The second-order valence-electron chi connectivity index (χ2n) is 6.35. The van der Waals surface area contributed by atoms with Crippen molar-refractivity contribution < 1.29 is 4.74 Å². The zero-order valence-corrected chi connectivity index (χ0v) is 13.4. The van der Waals surface area contributed by atoms with Gasteiger partial charge in [-0.3, -0.25) is 0 Å². The Hall–Kier alpha value is -1.05. The predicted octanol–water partition coefficient (Wildman–Crippen LogP) is 3.94. The van der Waals surface area contributed by atoms with Gasteiger partial charge in [-0.1, -0.05) is 13.8 Å². The van der Waals surface area contributed by atoms with Crippen LogP contribution in [0.25, 0.3) is 0 Å². The Balaban J connectivity index is 1.79. The fourth-order valence-corrected chi connectivity index (χ4v) is 4.18. The smallest absolute Gasteiger partial charge is 0.0992 e. The molecule has 106 valence electrons. The molecule has 0 radical (unpaired) electrons. The number of anilines is 1. The zero-order chi connectivity index (χ0) is 14.3. The summed E-state index contributed by atoms with van der Waals surface area (Å²) >= 11 is 3.55. The summed E-state index contributed by atoms with van der Waals surface area (Å²) in [7, 11) is 0. The van der Waals surface area contributed by atoms with Gasteiger partial charge in [0.1, 0.15) is 0 Å². The summed E-state index contributed by atoms with van der Waals surface area (Å²) in [6.07, 6.45) is 2.77. The normalized spacial score (nSPS) is 30.8. The molecule has 0 spiro atoms. The first-order valence-electron chi connectivity index (χ1n) is 7.12. The molecule has 1 aliphatic carbocycles. The molecule has 1 N–H and O–H groups in total. The molecule has 3 rings (SSSR count). The van der Waals surface area contributed by atoms with Crippen LogP contribution >= 0.6 is 15.9 Å². The van der Waals surface area contributed by atoms with Crippen molar-refractivity contribution in [1.29, 1.82) is 5.26 Å². The van der Waals surface area contributed by atoms with E-state index in [4.69, 9.17) is 10.00 Å². The lowest BCUT2D eigenvalue weighted by molar-refractivity contribution is -0.177. The third-order valence-electron chi connectivity index (χ3n) is 4.74. The molecular weight excluding hydrogens is 316 g/mol. The fourth-order valence-electron chi connectivity index (χ4n) is 3.68. The third-order valence-corrected chi connectivity index (χ3v) is 5.40. The SMILES string of the molecule is CC1(C)C(Nc2ccc(C#N)cc2Br)C2CCCOC21. The summed E-state index contributed by atoms with van der Waals surface area (Å²) in [6, 6.07) is 8.29. The van der Waals surface area contributed by atoms with E-state index < -0.39 is 0 Å². The highest BCUT2D eigenvalue weighted by atomic mass is 79.9. The second kappa shape index (κ2) is 5.05. The molecule has 1 saturated carbocycles. The van der Waals surface area contributed by atoms with Crippen LogP contribution in [0.3, 0.4) is 0 Å². The maximum Gasteiger partial charge on any atom is 0.0992 e. The van der Waals surface area contributed by atoms with Gasteiger partial charge in [0.25, 0.3) is 0 Å². The summed E-state index contributed by atoms with van der Waals surface area (Å²) in [5.74, 6) is 0.598. The van der Waals surface area contributed by atoms with Crippen molar-refractivity contribution in [3.05, 3.63) is 28.2 Å². The van der Waals surface area contributed by atoms with Gasteiger partial charge in [-0.2, -0.15) is 5.26 Å². The molecule has 3 unspecified atom stereocenters. The van der Waals surface area contributed by atoms with Crippen molar-refractivity contribution in [3.63, 3.8) is 0 Å². The molecule has 0 amide bonds. The van der Waals surface area contributed by atoms with Crippen molar-refractivity contribution in [1.82, 2.24) is 0 Å². The van der Waals surface area contributed by atoms with Gasteiger partial charge in [0, 0.05) is 34.1 Å². The van der Waals surface area contributed by atoms with Gasteiger partial charge in [-0.25, -0.2) is 0 Å². The molecule has 0 bridgehead atoms. The van der Waals surface area contributed by atoms with Gasteiger partial charge in [0.05, 0.1) is 17.7 Å². The Morgan fingerprint density at radius 3 is 2.95 bits per heavy atom. The van der Waals surface area contributed by atoms with Crippen molar-refractivity contribution >= 4 is 21.6 Å². The van der Waals surface area contributed by atoms with Crippen LogP contribution in [0, 0.1) is 22.7 Å². The van der Waals surface area contributed by atoms with Crippen LogP contribution in [0.5, 0.6) is 0 Å². The van der Waals surface area contributed by atoms with E-state index in [1.54, 1.807) is 0 Å². The molecule has 1 saturated heterocycles. The van der Waals surface area contributed by atoms with Crippen molar-refractivity contribution in [3.8, 4) is 6.07 Å². The first kappa shape index (κ1) is 13.9. The minimum absolute atomic E-state index is 0.151. The number of fused-ring (bicyclic) bond motifs is 1. The Labute approximate surface area is 128 Å². The maximum atomic E-state index is 8.92. The van der Waals surface area contributed by atoms with Crippen LogP contribution in [0.2, 0.25) is 0 Å². The molecule has 1 aliphatic heterocycles. The first-order chi connectivity index (χ1) is 9.54. The zero-order valence-electron chi connectivity index (χ0n) is 11.8. The minimum Gasteiger partial charge on any atom is -0.380 e. The molecule has 20 heavy (non-hydrogen) atoms. The number of hydrogen-bond acceptors (Lipinski definition) is 3. The Morgan fingerprint density at radius 1 is 1.45 bits per heavy atom. The summed E-state index contributed by atoms with van der Waals surface area (Å²) in [6.45, 7) is 5.45. The standard InChI is InChI=1S/C16H19BrN2O/c1-16(2)14(11-4-3-7-20-15(11)16)19-13-6-5-10(9-18)8-12(13)17/h5-6,8,11,14-15,19H,3-4,7H2,1-2H3. The predicted molar refractivity (Wildman–Crippen MR) is 82.5 cm³/mol. The quantitative estimate of drug-likeness (QED) is 0.890. The summed E-state index contributed by atoms with van der Waals surface area (Å²) in [4.78, 5) is 0. The van der Waals surface area contributed by atoms with Crippen LogP contribution in [0.15, 0.2) is 22.7 Å². The first-order valence-corrected chi connectivity index (χ1v) is 7.91. The maximum absolute atomic E-state index is 8.92. The van der Waals surface area contributed by atoms with Gasteiger partial charge < -0.3 is 10.1 Å². The van der Waals surface area contributed by atoms with Gasteiger partial charge in [0.2, 0.25) is 0 Å². The molecular formula is C16H19BrN2O. The van der Waals surface area contributed by atoms with Gasteiger partial charge >= 0.3 is 0 Å². The Bertz CT molecular complexity index is 564. The van der Waals surface area contributed by atoms with Crippen LogP contribution < -0.4 is 5.32 Å². The van der Waals surface area contributed by atoms with Gasteiger partial charge in [0.15, 0.2) is 0 Å². The van der Waals surface area contributed by atoms with Crippen molar-refractivity contribution in [2.75, 3.05) is 11.9 Å². The van der Waals surface area contributed by atoms with Crippen LogP contribution in [-0.2, 0) is 4.74 Å². The molecule has 3 nitrogen and oxygen atoms in total. The summed E-state index contributed by atoms with van der Waals surface area (Å²) in [5, 5.41) is 12.6. The van der Waals surface area contributed by atoms with Crippen LogP contribution in [-0.4, -0.2) is 18.8 Å². The van der Waals surface area contributed by atoms with Gasteiger partial charge in [-0.15, -0.1) is 0 Å². The molecule has 1 aromatic rings. The second-order valence-corrected chi connectivity index (χ2v) is 7.20. The number of hydrogen-bond donors (Lipinski definition) is 1. The average Bonchev–Trinajstić information content (AvgIpc) is 2.45. The van der Waals surface area contributed by atoms with E-state index in [0.717, 1.165) is 23.2 Å². The molecule has 0 aromatic heterocycles. The van der Waals surface area contributed by atoms with E-state index in [1.807, 2.05) is 18.2 Å². The van der Waals surface area contributed by atoms with E-state index in [1.165, 1.54) is 6.42 Å². The van der Waals surface area contributed by atoms with E-state index in [-0.39, 0.29) is 5.41 Å². The molecule has 1 aromatic carbocycles. The molecule has 3 atom stereocenters. The van der Waals surface area contributed by atoms with Crippen molar-refractivity contribution in [2.45, 2.75) is 38.8 Å². The fraction of sp³-hybridized carbons (Fsp3) is 0.562. The number of nitrogens with one attached hydrogen (secondary N) is 1. The van der Waals surface area contributed by atoms with Crippen molar-refractivity contribution in [2.24, 2.45) is 11.3 Å². The lowest BCUT2D eigenvalue weighted by Crippen LogP contribution is -2.67. The van der Waals surface area contributed by atoms with Crippen LogP contribution in [0.4, 0.5) is 5.69 Å². The number of rotatable bonds is 2. The van der Waals surface area contributed by atoms with E-state index in [2.05, 4.69) is 41.2 Å². The topological polar surface area (TPSA) is 45.0 Å². The summed E-state index contributed by atoms with van der Waals surface area (Å²) < 4.78 is 6.88. The number of halogens is 1. The average molecular weight is 335 g/mol. The Morgan fingerprint density at radius 2 is 2.25 bits per heavy atom. The monoisotopic (exact) mass is 334 g/mol. The van der Waals surface area contributed by atoms with E-state index in [9.17, 15) is 0 Å². The highest BCUT2D eigenvalue weighted by molar-refractivity contribution is 9.10. The number of ether oxygens (including phenoxy) is 1. The lowest BCUT2D eigenvalue weighted by atomic mass is 9.55. The molecule has 1 heterocycles. The van der Waals surface area contributed by atoms with Gasteiger partial charge in [-0.05, 0) is 47.0 Å². The van der Waals surface area contributed by atoms with E-state index >= 15 is 0 Å². The Kier molecular flexibility index (Phi) is 3.51. The lowest BCUT2D eigenvalue weighted by Gasteiger charge is -2.60. The largest absolute Gasteiger partial charge is 0.380 e. The number of nitrogens with zero attached hydrogens (tertiary/aromatic N) is 1. The highest BCUT2D eigenvalue weighted by Gasteiger charge is 2.57. The minimum atomic E-state index is 0.151. The number of nitriles is 1. The molecule has 4 heteroatoms. The molecule has 2 fully saturated rings. The van der Waals surface area contributed by atoms with Crippen LogP contribution in [0.1, 0.15) is 32.3 Å².